The van der Waals surface area contributed by atoms with Crippen LogP contribution in [0.2, 0.25) is 5.02 Å². The number of pyridine rings is 1. The molecule has 11 heteroatoms. The third-order valence-corrected chi connectivity index (χ3v) is 4.73. The molecule has 3 rings (SSSR count). The highest BCUT2D eigenvalue weighted by atomic mass is 35.5. The number of aryl methyl sites for hydroxylation is 1. The van der Waals surface area contributed by atoms with Gasteiger partial charge in [0.15, 0.2) is 12.4 Å². The van der Waals surface area contributed by atoms with Gasteiger partial charge in [0.1, 0.15) is 17.1 Å². The lowest BCUT2D eigenvalue weighted by Crippen LogP contribution is -2.47. The van der Waals surface area contributed by atoms with E-state index in [0.29, 0.717) is 6.07 Å². The molecule has 0 spiro atoms. The molecule has 0 fully saturated rings. The number of ether oxygens (including phenoxy) is 1. The Morgan fingerprint density at radius 2 is 1.84 bits per heavy atom. The molecule has 0 unspecified atom stereocenters. The molecule has 0 aliphatic heterocycles. The van der Waals surface area contributed by atoms with Crippen molar-refractivity contribution in [3.8, 4) is 11.5 Å². The predicted molar refractivity (Wildman–Crippen MR) is 109 cm³/mol. The van der Waals surface area contributed by atoms with Crippen LogP contribution in [-0.2, 0) is 12.6 Å². The number of carbonyl (C=O) groups excluding carboxylic acids is 1. The molecular weight excluding hydrogens is 451 g/mol. The predicted octanol–water partition coefficient (Wildman–Crippen LogP) is 5.29. The first-order chi connectivity index (χ1) is 15.1. The summed E-state index contributed by atoms with van der Waals surface area (Å²) >= 11 is 5.89. The van der Waals surface area contributed by atoms with Crippen molar-refractivity contribution >= 4 is 23.2 Å². The van der Waals surface area contributed by atoms with Gasteiger partial charge < -0.3 is 4.74 Å². The van der Waals surface area contributed by atoms with Crippen LogP contribution in [0.1, 0.15) is 28.4 Å². The van der Waals surface area contributed by atoms with Gasteiger partial charge in [-0.3, -0.25) is 14.9 Å². The van der Waals surface area contributed by atoms with Crippen molar-refractivity contribution in [2.24, 2.45) is 0 Å². The number of aromatic nitrogens is 1. The van der Waals surface area contributed by atoms with Crippen LogP contribution in [0.4, 0.5) is 18.9 Å². The number of carbonyl (C=O) groups is 1. The molecule has 0 radical (unpaired) electrons. The van der Waals surface area contributed by atoms with E-state index in [1.807, 2.05) is 6.92 Å². The highest BCUT2D eigenvalue weighted by Gasteiger charge is 2.31. The Morgan fingerprint density at radius 3 is 2.41 bits per heavy atom. The molecule has 0 aliphatic carbocycles. The van der Waals surface area contributed by atoms with Crippen molar-refractivity contribution < 1.29 is 32.3 Å². The smallest absolute Gasteiger partial charge is 0.416 e. The van der Waals surface area contributed by atoms with E-state index in [2.05, 4.69) is 5.43 Å². The zero-order chi connectivity index (χ0) is 23.5. The molecule has 0 bridgehead atoms. The lowest BCUT2D eigenvalue weighted by molar-refractivity contribution is -0.641. The molecule has 7 nitrogen and oxygen atoms in total. The van der Waals surface area contributed by atoms with Crippen molar-refractivity contribution in [3.63, 3.8) is 0 Å². The summed E-state index contributed by atoms with van der Waals surface area (Å²) in [6.45, 7) is 1.97. The Hall–Kier alpha value is -3.66. The van der Waals surface area contributed by atoms with E-state index in [1.54, 1.807) is 24.5 Å². The van der Waals surface area contributed by atoms with Gasteiger partial charge in [-0.1, -0.05) is 23.2 Å². The van der Waals surface area contributed by atoms with Crippen LogP contribution >= 0.6 is 11.6 Å². The summed E-state index contributed by atoms with van der Waals surface area (Å²) in [5.41, 5.74) is 1.80. The monoisotopic (exact) mass is 466 g/mol. The first-order valence-corrected chi connectivity index (χ1v) is 9.61. The van der Waals surface area contributed by atoms with Crippen molar-refractivity contribution in [1.29, 1.82) is 0 Å². The van der Waals surface area contributed by atoms with Gasteiger partial charge in [0.25, 0.3) is 5.69 Å². The van der Waals surface area contributed by atoms with Crippen LogP contribution in [0.3, 0.4) is 0 Å². The number of hydrogen-bond acceptors (Lipinski definition) is 4. The van der Waals surface area contributed by atoms with E-state index in [0.717, 1.165) is 36.2 Å². The number of rotatable bonds is 6. The summed E-state index contributed by atoms with van der Waals surface area (Å²) in [5.74, 6) is -0.909. The maximum atomic E-state index is 12.8. The summed E-state index contributed by atoms with van der Waals surface area (Å²) in [4.78, 5) is 23.3. The van der Waals surface area contributed by atoms with Crippen molar-refractivity contribution in [2.45, 2.75) is 19.5 Å². The van der Waals surface area contributed by atoms with Crippen molar-refractivity contribution in [3.05, 3.63) is 92.8 Å². The van der Waals surface area contributed by atoms with Gasteiger partial charge in [0, 0.05) is 24.3 Å². The summed E-state index contributed by atoms with van der Waals surface area (Å²) in [6, 6.07) is 9.46. The first kappa shape index (κ1) is 23.0. The van der Waals surface area contributed by atoms with E-state index >= 15 is 0 Å². The van der Waals surface area contributed by atoms with E-state index < -0.39 is 28.3 Å². The Labute approximate surface area is 185 Å². The minimum absolute atomic E-state index is 0.0197. The van der Waals surface area contributed by atoms with Crippen LogP contribution in [0.5, 0.6) is 11.5 Å². The van der Waals surface area contributed by atoms with E-state index in [1.165, 1.54) is 10.7 Å². The minimum Gasteiger partial charge on any atom is -0.456 e. The van der Waals surface area contributed by atoms with Crippen molar-refractivity contribution in [1.82, 2.24) is 0 Å². The van der Waals surface area contributed by atoms with E-state index in [-0.39, 0.29) is 22.1 Å². The number of nitrogens with zero attached hydrogens (tertiary/aromatic N) is 2. The van der Waals surface area contributed by atoms with E-state index in [9.17, 15) is 28.1 Å². The standard InChI is InChI=1S/C21H15ClF3N3O4/c1-2-13-7-9-27(10-8-13)26-20(29)16-12-15(4-5-18(16)28(30)31)32-19-6-3-14(11-17(19)22)21(23,24)25/h3-12H,2H2,1H3/p+1. The molecule has 3 aromatic rings. The number of nitrogens with one attached hydrogen (secondary N) is 1. The summed E-state index contributed by atoms with van der Waals surface area (Å²) in [5, 5.41) is 11.1. The van der Waals surface area contributed by atoms with Crippen LogP contribution in [-0.4, -0.2) is 10.8 Å². The number of hydrogen-bond donors (Lipinski definition) is 1. The lowest BCUT2D eigenvalue weighted by Gasteiger charge is -2.12. The van der Waals surface area contributed by atoms with Crippen LogP contribution in [0.25, 0.3) is 0 Å². The zero-order valence-corrected chi connectivity index (χ0v) is 17.3. The molecule has 166 valence electrons. The largest absolute Gasteiger partial charge is 0.456 e. The molecule has 0 atom stereocenters. The third kappa shape index (κ3) is 5.33. The maximum Gasteiger partial charge on any atom is 0.416 e. The highest BCUT2D eigenvalue weighted by molar-refractivity contribution is 6.32. The average molecular weight is 467 g/mol. The number of amides is 1. The number of nitro benzene ring substituents is 1. The first-order valence-electron chi connectivity index (χ1n) is 9.23. The molecule has 0 aliphatic rings. The third-order valence-electron chi connectivity index (χ3n) is 4.43. The molecule has 0 saturated heterocycles. The fourth-order valence-electron chi connectivity index (χ4n) is 2.75. The summed E-state index contributed by atoms with van der Waals surface area (Å²) in [7, 11) is 0. The highest BCUT2D eigenvalue weighted by Crippen LogP contribution is 2.37. The normalized spacial score (nSPS) is 11.2. The Balaban J connectivity index is 1.88. The summed E-state index contributed by atoms with van der Waals surface area (Å²) in [6.07, 6.45) is -0.601. The SMILES string of the molecule is CCc1cc[n+](NC(=O)c2cc(Oc3ccc(C(F)(F)F)cc3Cl)ccc2[N+](=O)[O-])cc1. The second kappa shape index (κ2) is 9.23. The van der Waals surface area contributed by atoms with Crippen LogP contribution in [0.15, 0.2) is 60.9 Å². The molecule has 1 aromatic heterocycles. The molecule has 1 amide bonds. The fraction of sp³-hybridized carbons (Fsp3) is 0.143. The maximum absolute atomic E-state index is 12.8. The topological polar surface area (TPSA) is 85.4 Å². The van der Waals surface area contributed by atoms with Crippen LogP contribution < -0.4 is 14.8 Å². The van der Waals surface area contributed by atoms with Crippen molar-refractivity contribution in [2.75, 3.05) is 5.43 Å². The van der Waals surface area contributed by atoms with E-state index in [4.69, 9.17) is 16.3 Å². The second-order valence-corrected chi connectivity index (χ2v) is 7.00. The number of benzene rings is 2. The number of nitro groups is 1. The molecule has 1 N–H and O–H groups in total. The fourth-order valence-corrected chi connectivity index (χ4v) is 2.97. The quantitative estimate of drug-likeness (QED) is 0.304. The average Bonchev–Trinajstić information content (AvgIpc) is 2.74. The van der Waals surface area contributed by atoms with Gasteiger partial charge in [0.2, 0.25) is 0 Å². The zero-order valence-electron chi connectivity index (χ0n) is 16.5. The molecule has 0 saturated carbocycles. The second-order valence-electron chi connectivity index (χ2n) is 6.59. The molecule has 32 heavy (non-hydrogen) atoms. The van der Waals surface area contributed by atoms with Gasteiger partial charge in [0.05, 0.1) is 15.5 Å². The Morgan fingerprint density at radius 1 is 1.16 bits per heavy atom. The lowest BCUT2D eigenvalue weighted by atomic mass is 10.1. The molecular formula is C21H16ClF3N3O4+. The van der Waals surface area contributed by atoms with Gasteiger partial charge in [-0.25, -0.2) is 0 Å². The Kier molecular flexibility index (Phi) is 6.64. The molecule has 2 aromatic carbocycles. The van der Waals surface area contributed by atoms with Gasteiger partial charge >= 0.3 is 12.1 Å². The number of alkyl halides is 3. The minimum atomic E-state index is -4.58. The van der Waals surface area contributed by atoms with Crippen LogP contribution in [0, 0.1) is 10.1 Å². The summed E-state index contributed by atoms with van der Waals surface area (Å²) < 4.78 is 45.2. The van der Waals surface area contributed by atoms with Gasteiger partial charge in [-0.15, -0.1) is 5.43 Å². The van der Waals surface area contributed by atoms with Gasteiger partial charge in [-0.05, 0) is 36.2 Å². The molecule has 1 heterocycles. The number of halogens is 4. The Bertz CT molecular complexity index is 1170. The van der Waals surface area contributed by atoms with Gasteiger partial charge in [-0.2, -0.15) is 13.2 Å².